The van der Waals surface area contributed by atoms with Crippen molar-refractivity contribution < 1.29 is 15.0 Å². The first-order valence-electron chi connectivity index (χ1n) is 5.61. The quantitative estimate of drug-likeness (QED) is 0.769. The Kier molecular flexibility index (Phi) is 2.72. The Bertz CT molecular complexity index is 747. The summed E-state index contributed by atoms with van der Waals surface area (Å²) in [6.45, 7) is 0. The van der Waals surface area contributed by atoms with Gasteiger partial charge < -0.3 is 10.2 Å². The summed E-state index contributed by atoms with van der Waals surface area (Å²) in [5, 5.41) is 20.9. The zero-order valence-corrected chi connectivity index (χ0v) is 10.6. The number of imidazole rings is 1. The average molecular weight is 274 g/mol. The minimum Gasteiger partial charge on any atom is -0.506 e. The predicted molar refractivity (Wildman–Crippen MR) is 70.9 cm³/mol. The van der Waals surface area contributed by atoms with Crippen LogP contribution < -0.4 is 0 Å². The fourth-order valence-electron chi connectivity index (χ4n) is 2.03. The van der Waals surface area contributed by atoms with Gasteiger partial charge in [0.05, 0.1) is 0 Å². The Morgan fingerprint density at radius 3 is 2.89 bits per heavy atom. The fraction of sp³-hybridized carbons (Fsp3) is 0.0769. The van der Waals surface area contributed by atoms with Gasteiger partial charge in [-0.05, 0) is 23.6 Å². The third-order valence-electron chi connectivity index (χ3n) is 2.83. The molecule has 3 heterocycles. The van der Waals surface area contributed by atoms with Crippen LogP contribution in [0.1, 0.15) is 21.2 Å². The molecule has 3 aromatic heterocycles. The smallest absolute Gasteiger partial charge is 0.356 e. The molecule has 0 atom stereocenters. The van der Waals surface area contributed by atoms with Gasteiger partial charge in [0, 0.05) is 17.5 Å². The normalized spacial score (nSPS) is 10.9. The van der Waals surface area contributed by atoms with Crippen molar-refractivity contribution >= 4 is 22.8 Å². The lowest BCUT2D eigenvalue weighted by Gasteiger charge is -2.00. The maximum atomic E-state index is 11.2. The fourth-order valence-corrected chi connectivity index (χ4v) is 2.73. The zero-order chi connectivity index (χ0) is 13.4. The molecule has 0 fully saturated rings. The third kappa shape index (κ3) is 1.96. The second-order valence-corrected chi connectivity index (χ2v) is 5.08. The summed E-state index contributed by atoms with van der Waals surface area (Å²) < 4.78 is 1.62. The topological polar surface area (TPSA) is 74.8 Å². The van der Waals surface area contributed by atoms with Gasteiger partial charge in [-0.2, -0.15) is 0 Å². The van der Waals surface area contributed by atoms with E-state index in [2.05, 4.69) is 4.98 Å². The van der Waals surface area contributed by atoms with Crippen LogP contribution in [0.2, 0.25) is 0 Å². The number of carboxylic acid groups (broad SMARTS) is 1. The molecule has 6 heteroatoms. The molecule has 0 aliphatic heterocycles. The maximum absolute atomic E-state index is 11.2. The zero-order valence-electron chi connectivity index (χ0n) is 9.78. The molecule has 0 aromatic carbocycles. The Balaban J connectivity index is 2.20. The van der Waals surface area contributed by atoms with Crippen LogP contribution in [0.25, 0.3) is 5.52 Å². The van der Waals surface area contributed by atoms with E-state index in [1.165, 1.54) is 6.07 Å². The standard InChI is InChI=1S/C13H10N2O3S/c16-9-4-1-5-15-10(7-8-3-2-6-19-8)14-11(12(9)15)13(17)18/h1-6,16H,7H2,(H,17,18). The highest BCUT2D eigenvalue weighted by molar-refractivity contribution is 7.09. The first-order chi connectivity index (χ1) is 9.16. The first-order valence-corrected chi connectivity index (χ1v) is 6.49. The minimum atomic E-state index is -1.14. The highest BCUT2D eigenvalue weighted by atomic mass is 32.1. The summed E-state index contributed by atoms with van der Waals surface area (Å²) in [6, 6.07) is 7.02. The van der Waals surface area contributed by atoms with E-state index >= 15 is 0 Å². The number of fused-ring (bicyclic) bond motifs is 1. The molecule has 0 amide bonds. The van der Waals surface area contributed by atoms with E-state index in [0.29, 0.717) is 12.2 Å². The molecule has 19 heavy (non-hydrogen) atoms. The van der Waals surface area contributed by atoms with E-state index in [1.54, 1.807) is 28.0 Å². The number of hydrogen-bond donors (Lipinski definition) is 2. The number of pyridine rings is 1. The van der Waals surface area contributed by atoms with E-state index in [1.807, 2.05) is 17.5 Å². The molecule has 96 valence electrons. The Morgan fingerprint density at radius 2 is 2.21 bits per heavy atom. The molecular weight excluding hydrogens is 264 g/mol. The molecule has 5 nitrogen and oxygen atoms in total. The molecule has 0 saturated heterocycles. The number of aromatic carboxylic acids is 1. The molecule has 0 saturated carbocycles. The number of aromatic nitrogens is 2. The van der Waals surface area contributed by atoms with Gasteiger partial charge in [-0.1, -0.05) is 6.07 Å². The lowest BCUT2D eigenvalue weighted by Crippen LogP contribution is -1.97. The summed E-state index contributed by atoms with van der Waals surface area (Å²) in [5.41, 5.74) is 0.117. The lowest BCUT2D eigenvalue weighted by atomic mass is 10.3. The molecule has 0 spiro atoms. The Hall–Kier alpha value is -2.34. The lowest BCUT2D eigenvalue weighted by molar-refractivity contribution is 0.0693. The molecule has 0 bridgehead atoms. The Morgan fingerprint density at radius 1 is 1.37 bits per heavy atom. The van der Waals surface area contributed by atoms with Gasteiger partial charge in [0.15, 0.2) is 5.69 Å². The van der Waals surface area contributed by atoms with Gasteiger partial charge >= 0.3 is 5.97 Å². The van der Waals surface area contributed by atoms with Crippen LogP contribution >= 0.6 is 11.3 Å². The number of carboxylic acids is 1. The molecule has 0 aliphatic rings. The molecular formula is C13H10N2O3S. The summed E-state index contributed by atoms with van der Waals surface area (Å²) in [7, 11) is 0. The maximum Gasteiger partial charge on any atom is 0.356 e. The summed E-state index contributed by atoms with van der Waals surface area (Å²) in [5.74, 6) is -0.619. The van der Waals surface area contributed by atoms with Crippen molar-refractivity contribution in [2.24, 2.45) is 0 Å². The molecule has 3 aromatic rings. The second-order valence-electron chi connectivity index (χ2n) is 4.05. The van der Waals surface area contributed by atoms with Crippen LogP contribution in [0.3, 0.4) is 0 Å². The number of rotatable bonds is 3. The van der Waals surface area contributed by atoms with Crippen molar-refractivity contribution in [2.45, 2.75) is 6.42 Å². The van der Waals surface area contributed by atoms with Crippen LogP contribution in [0.15, 0.2) is 35.8 Å². The van der Waals surface area contributed by atoms with E-state index in [4.69, 9.17) is 5.11 Å². The number of thiophene rings is 1. The van der Waals surface area contributed by atoms with Crippen molar-refractivity contribution in [3.05, 3.63) is 52.2 Å². The van der Waals surface area contributed by atoms with Crippen molar-refractivity contribution in [2.75, 3.05) is 0 Å². The largest absolute Gasteiger partial charge is 0.506 e. The summed E-state index contributed by atoms with van der Waals surface area (Å²) in [6.07, 6.45) is 2.24. The number of aromatic hydroxyl groups is 1. The van der Waals surface area contributed by atoms with Crippen molar-refractivity contribution in [1.29, 1.82) is 0 Å². The monoisotopic (exact) mass is 274 g/mol. The van der Waals surface area contributed by atoms with E-state index in [0.717, 1.165) is 4.88 Å². The predicted octanol–water partition coefficient (Wildman–Crippen LogP) is 2.39. The number of hydrogen-bond acceptors (Lipinski definition) is 4. The van der Waals surface area contributed by atoms with Crippen molar-refractivity contribution in [3.8, 4) is 5.75 Å². The van der Waals surface area contributed by atoms with Crippen LogP contribution in [-0.4, -0.2) is 25.6 Å². The molecule has 2 N–H and O–H groups in total. The average Bonchev–Trinajstić information content (AvgIpc) is 2.99. The molecule has 0 radical (unpaired) electrons. The first kappa shape index (κ1) is 11.7. The van der Waals surface area contributed by atoms with Gasteiger partial charge in [-0.25, -0.2) is 9.78 Å². The van der Waals surface area contributed by atoms with Crippen LogP contribution in [0, 0.1) is 0 Å². The van der Waals surface area contributed by atoms with Gasteiger partial charge in [-0.3, -0.25) is 4.40 Å². The molecule has 0 unspecified atom stereocenters. The van der Waals surface area contributed by atoms with Crippen LogP contribution in [0.5, 0.6) is 5.75 Å². The van der Waals surface area contributed by atoms with E-state index < -0.39 is 5.97 Å². The van der Waals surface area contributed by atoms with Crippen LogP contribution in [-0.2, 0) is 6.42 Å². The summed E-state index contributed by atoms with van der Waals surface area (Å²) in [4.78, 5) is 16.4. The van der Waals surface area contributed by atoms with Gasteiger partial charge in [-0.15, -0.1) is 11.3 Å². The van der Waals surface area contributed by atoms with Crippen LogP contribution in [0.4, 0.5) is 0 Å². The Labute approximate surface area is 112 Å². The number of carbonyl (C=O) groups is 1. The van der Waals surface area contributed by atoms with E-state index in [-0.39, 0.29) is 17.0 Å². The second kappa shape index (κ2) is 4.40. The van der Waals surface area contributed by atoms with Crippen molar-refractivity contribution in [3.63, 3.8) is 0 Å². The van der Waals surface area contributed by atoms with Gasteiger partial charge in [0.1, 0.15) is 17.1 Å². The van der Waals surface area contributed by atoms with Gasteiger partial charge in [0.25, 0.3) is 0 Å². The SMILES string of the molecule is O=C(O)c1nc(Cc2cccs2)n2cccc(O)c12. The third-order valence-corrected chi connectivity index (χ3v) is 3.71. The highest BCUT2D eigenvalue weighted by Gasteiger charge is 2.19. The molecule has 3 rings (SSSR count). The van der Waals surface area contributed by atoms with Gasteiger partial charge in [0.2, 0.25) is 0 Å². The minimum absolute atomic E-state index is 0.0789. The number of nitrogens with zero attached hydrogens (tertiary/aromatic N) is 2. The highest BCUT2D eigenvalue weighted by Crippen LogP contribution is 2.25. The van der Waals surface area contributed by atoms with E-state index in [9.17, 15) is 9.90 Å². The van der Waals surface area contributed by atoms with Crippen molar-refractivity contribution in [1.82, 2.24) is 9.38 Å². The molecule has 0 aliphatic carbocycles. The summed E-state index contributed by atoms with van der Waals surface area (Å²) >= 11 is 1.58.